The molecule has 0 saturated carbocycles. The largest absolute Gasteiger partial charge is 0.384 e. The Hall–Kier alpha value is -2.36. The van der Waals surface area contributed by atoms with Gasteiger partial charge in [0.25, 0.3) is 0 Å². The third kappa shape index (κ3) is 5.40. The second-order valence-electron chi connectivity index (χ2n) is 5.69. The van der Waals surface area contributed by atoms with Gasteiger partial charge in [0.05, 0.1) is 0 Å². The van der Waals surface area contributed by atoms with Gasteiger partial charge in [-0.2, -0.15) is 0 Å². The molecule has 0 unspecified atom stereocenters. The molecule has 2 aromatic carbocycles. The molecule has 2 aromatic rings. The molecule has 3 nitrogen and oxygen atoms in total. The van der Waals surface area contributed by atoms with Crippen LogP contribution in [0.4, 0.5) is 10.1 Å². The molecule has 0 aliphatic rings. The molecule has 0 atom stereocenters. The Kier molecular flexibility index (Phi) is 6.15. The van der Waals surface area contributed by atoms with Gasteiger partial charge in [0, 0.05) is 25.2 Å². The van der Waals surface area contributed by atoms with Crippen LogP contribution in [0.2, 0.25) is 0 Å². The fourth-order valence-electron chi connectivity index (χ4n) is 2.45. The van der Waals surface area contributed by atoms with Crippen molar-refractivity contribution in [2.24, 2.45) is 0 Å². The number of hydrogen-bond donors (Lipinski definition) is 2. The molecular formula is C19H23FN2O. The van der Waals surface area contributed by atoms with Crippen molar-refractivity contribution in [3.63, 3.8) is 0 Å². The van der Waals surface area contributed by atoms with Crippen LogP contribution in [-0.2, 0) is 11.2 Å². The van der Waals surface area contributed by atoms with E-state index >= 15 is 0 Å². The molecule has 2 rings (SSSR count). The van der Waals surface area contributed by atoms with E-state index in [1.807, 2.05) is 19.1 Å². The number of nitrogens with one attached hydrogen (secondary N) is 2. The van der Waals surface area contributed by atoms with E-state index < -0.39 is 0 Å². The Labute approximate surface area is 136 Å². The summed E-state index contributed by atoms with van der Waals surface area (Å²) in [6, 6.07) is 12.8. The van der Waals surface area contributed by atoms with Gasteiger partial charge < -0.3 is 10.6 Å². The molecule has 2 N–H and O–H groups in total. The average Bonchev–Trinajstić information content (AvgIpc) is 2.51. The number of carbonyl (C=O) groups excluding carboxylic acids is 1. The predicted octanol–water partition coefficient (Wildman–Crippen LogP) is 3.60. The number of halogens is 1. The Morgan fingerprint density at radius 2 is 1.87 bits per heavy atom. The summed E-state index contributed by atoms with van der Waals surface area (Å²) in [5.74, 6) is -0.253. The minimum absolute atomic E-state index is 0.0291. The monoisotopic (exact) mass is 314 g/mol. The third-order valence-electron chi connectivity index (χ3n) is 3.72. The minimum atomic E-state index is -0.224. The van der Waals surface area contributed by atoms with Gasteiger partial charge in [-0.25, -0.2) is 4.39 Å². The molecule has 0 saturated heterocycles. The van der Waals surface area contributed by atoms with Gasteiger partial charge in [-0.1, -0.05) is 35.9 Å². The number of benzene rings is 2. The first kappa shape index (κ1) is 17.0. The Bertz CT molecular complexity index is 670. The SMILES string of the molecule is Cc1ccc(NCCC(=O)NCCc2ccccc2F)c(C)c1. The molecule has 4 heteroatoms. The number of carbonyl (C=O) groups is 1. The van der Waals surface area contributed by atoms with Crippen LogP contribution in [-0.4, -0.2) is 19.0 Å². The average molecular weight is 314 g/mol. The maximum absolute atomic E-state index is 13.4. The summed E-state index contributed by atoms with van der Waals surface area (Å²) in [6.45, 7) is 5.13. The van der Waals surface area contributed by atoms with E-state index in [4.69, 9.17) is 0 Å². The quantitative estimate of drug-likeness (QED) is 0.820. The lowest BCUT2D eigenvalue weighted by Gasteiger charge is -2.10. The summed E-state index contributed by atoms with van der Waals surface area (Å²) in [5, 5.41) is 6.09. The first-order valence-electron chi connectivity index (χ1n) is 7.87. The Morgan fingerprint density at radius 1 is 1.09 bits per heavy atom. The standard InChI is InChI=1S/C19H23FN2O/c1-14-7-8-18(15(2)13-14)21-12-10-19(23)22-11-9-16-5-3-4-6-17(16)20/h3-8,13,21H,9-12H2,1-2H3,(H,22,23). The van der Waals surface area contributed by atoms with Gasteiger partial charge >= 0.3 is 0 Å². The molecule has 23 heavy (non-hydrogen) atoms. The van der Waals surface area contributed by atoms with Crippen molar-refractivity contribution < 1.29 is 9.18 Å². The molecule has 0 heterocycles. The van der Waals surface area contributed by atoms with Crippen LogP contribution in [0.25, 0.3) is 0 Å². The van der Waals surface area contributed by atoms with E-state index in [1.165, 1.54) is 17.2 Å². The normalized spacial score (nSPS) is 10.4. The number of aryl methyl sites for hydroxylation is 2. The third-order valence-corrected chi connectivity index (χ3v) is 3.72. The zero-order valence-electron chi connectivity index (χ0n) is 13.7. The van der Waals surface area contributed by atoms with Crippen LogP contribution >= 0.6 is 0 Å². The molecule has 0 aliphatic heterocycles. The number of amides is 1. The lowest BCUT2D eigenvalue weighted by molar-refractivity contribution is -0.120. The second-order valence-corrected chi connectivity index (χ2v) is 5.69. The fourth-order valence-corrected chi connectivity index (χ4v) is 2.45. The number of rotatable bonds is 7. The van der Waals surface area contributed by atoms with E-state index in [0.29, 0.717) is 31.5 Å². The molecule has 122 valence electrons. The lowest BCUT2D eigenvalue weighted by atomic mass is 10.1. The van der Waals surface area contributed by atoms with E-state index in [9.17, 15) is 9.18 Å². The summed E-state index contributed by atoms with van der Waals surface area (Å²) in [4.78, 5) is 11.8. The summed E-state index contributed by atoms with van der Waals surface area (Å²) in [5.41, 5.74) is 4.07. The fraction of sp³-hybridized carbons (Fsp3) is 0.316. The Balaban J connectivity index is 1.68. The van der Waals surface area contributed by atoms with Crippen LogP contribution < -0.4 is 10.6 Å². The van der Waals surface area contributed by atoms with E-state index in [1.54, 1.807) is 18.2 Å². The van der Waals surface area contributed by atoms with E-state index in [-0.39, 0.29) is 11.7 Å². The maximum Gasteiger partial charge on any atom is 0.221 e. The molecular weight excluding hydrogens is 291 g/mol. The molecule has 0 radical (unpaired) electrons. The van der Waals surface area contributed by atoms with E-state index in [0.717, 1.165) is 5.69 Å². The molecule has 1 amide bonds. The summed E-state index contributed by atoms with van der Waals surface area (Å²) in [7, 11) is 0. The molecule has 0 bridgehead atoms. The van der Waals surface area contributed by atoms with Gasteiger partial charge in [-0.05, 0) is 43.5 Å². The summed E-state index contributed by atoms with van der Waals surface area (Å²) in [6.07, 6.45) is 0.896. The van der Waals surface area contributed by atoms with Crippen molar-refractivity contribution >= 4 is 11.6 Å². The first-order valence-corrected chi connectivity index (χ1v) is 7.87. The van der Waals surface area contributed by atoms with Gasteiger partial charge in [-0.3, -0.25) is 4.79 Å². The van der Waals surface area contributed by atoms with Crippen molar-refractivity contribution in [2.45, 2.75) is 26.7 Å². The molecule has 0 fully saturated rings. The highest BCUT2D eigenvalue weighted by Crippen LogP contribution is 2.15. The van der Waals surface area contributed by atoms with Gasteiger partial charge in [0.2, 0.25) is 5.91 Å². The first-order chi connectivity index (χ1) is 11.1. The predicted molar refractivity (Wildman–Crippen MR) is 92.1 cm³/mol. The van der Waals surface area contributed by atoms with Crippen molar-refractivity contribution in [1.29, 1.82) is 0 Å². The van der Waals surface area contributed by atoms with Gasteiger partial charge in [-0.15, -0.1) is 0 Å². The van der Waals surface area contributed by atoms with Gasteiger partial charge in [0.15, 0.2) is 0 Å². The highest BCUT2D eigenvalue weighted by atomic mass is 19.1. The van der Waals surface area contributed by atoms with Crippen LogP contribution in [0.5, 0.6) is 0 Å². The minimum Gasteiger partial charge on any atom is -0.384 e. The maximum atomic E-state index is 13.4. The summed E-state index contributed by atoms with van der Waals surface area (Å²) >= 11 is 0. The zero-order chi connectivity index (χ0) is 16.7. The molecule has 0 aromatic heterocycles. The second kappa shape index (κ2) is 8.32. The van der Waals surface area contributed by atoms with Crippen molar-refractivity contribution in [1.82, 2.24) is 5.32 Å². The van der Waals surface area contributed by atoms with Crippen LogP contribution in [0.1, 0.15) is 23.1 Å². The topological polar surface area (TPSA) is 41.1 Å². The number of hydrogen-bond acceptors (Lipinski definition) is 2. The Morgan fingerprint density at radius 3 is 2.61 bits per heavy atom. The van der Waals surface area contributed by atoms with Crippen molar-refractivity contribution in [2.75, 3.05) is 18.4 Å². The molecule has 0 aliphatic carbocycles. The highest BCUT2D eigenvalue weighted by Gasteiger charge is 2.04. The zero-order valence-corrected chi connectivity index (χ0v) is 13.7. The van der Waals surface area contributed by atoms with Crippen LogP contribution in [0.15, 0.2) is 42.5 Å². The van der Waals surface area contributed by atoms with Crippen LogP contribution in [0.3, 0.4) is 0 Å². The highest BCUT2D eigenvalue weighted by molar-refractivity contribution is 5.76. The van der Waals surface area contributed by atoms with Crippen LogP contribution in [0, 0.1) is 19.7 Å². The van der Waals surface area contributed by atoms with E-state index in [2.05, 4.69) is 23.6 Å². The number of anilines is 1. The summed E-state index contributed by atoms with van der Waals surface area (Å²) < 4.78 is 13.4. The van der Waals surface area contributed by atoms with Crippen molar-refractivity contribution in [3.05, 3.63) is 65.0 Å². The van der Waals surface area contributed by atoms with Crippen molar-refractivity contribution in [3.8, 4) is 0 Å². The lowest BCUT2D eigenvalue weighted by Crippen LogP contribution is -2.27. The molecule has 0 spiro atoms. The van der Waals surface area contributed by atoms with Gasteiger partial charge in [0.1, 0.15) is 5.82 Å². The smallest absolute Gasteiger partial charge is 0.221 e.